The molecule has 4 heterocycles. The zero-order valence-corrected chi connectivity index (χ0v) is 37.3. The van der Waals surface area contributed by atoms with E-state index in [0.717, 1.165) is 96.9 Å². The first kappa shape index (κ1) is 44.0. The number of benzene rings is 5. The molecular formula is C51H56N8O5. The van der Waals surface area contributed by atoms with Gasteiger partial charge in [0.25, 0.3) is 0 Å². The maximum Gasteiger partial charge on any atom is 0.407 e. The van der Waals surface area contributed by atoms with Gasteiger partial charge < -0.3 is 40.2 Å². The predicted molar refractivity (Wildman–Crippen MR) is 251 cm³/mol. The highest BCUT2D eigenvalue weighted by atomic mass is 16.5. The number of alkyl carbamates (subject to hydrolysis) is 1. The minimum atomic E-state index is -0.745. The summed E-state index contributed by atoms with van der Waals surface area (Å²) in [5.41, 5.74) is 14.4. The Morgan fingerprint density at radius 2 is 1.61 bits per heavy atom. The summed E-state index contributed by atoms with van der Waals surface area (Å²) in [4.78, 5) is 56.5. The maximum absolute atomic E-state index is 13.9. The predicted octanol–water partition coefficient (Wildman–Crippen LogP) is 8.35. The number of nitrogens with two attached hydrogens (primary N) is 1. The number of aromatic nitrogens is 4. The Kier molecular flexibility index (Phi) is 13.1. The molecule has 2 aliphatic rings. The zero-order chi connectivity index (χ0) is 45.1. The highest BCUT2D eigenvalue weighted by molar-refractivity contribution is 6.09. The van der Waals surface area contributed by atoms with Crippen molar-refractivity contribution in [2.24, 2.45) is 17.6 Å². The summed E-state index contributed by atoms with van der Waals surface area (Å²) in [6.07, 6.45) is 3.18. The van der Waals surface area contributed by atoms with E-state index in [-0.39, 0.29) is 23.8 Å². The van der Waals surface area contributed by atoms with Crippen molar-refractivity contribution < 1.29 is 23.9 Å². The Bertz CT molecular complexity index is 2890. The summed E-state index contributed by atoms with van der Waals surface area (Å²) in [6.45, 7) is 7.80. The second-order valence-electron chi connectivity index (χ2n) is 17.2. The first-order chi connectivity index (χ1) is 31.0. The van der Waals surface area contributed by atoms with Crippen LogP contribution in [0.15, 0.2) is 84.9 Å². The number of hydrogen-bond acceptors (Lipinski definition) is 9. The van der Waals surface area contributed by atoms with Crippen molar-refractivity contribution in [2.45, 2.75) is 64.2 Å². The van der Waals surface area contributed by atoms with Crippen molar-refractivity contribution in [1.82, 2.24) is 35.1 Å². The number of methoxy groups -OCH3 is 2. The number of amides is 2. The highest BCUT2D eigenvalue weighted by Gasteiger charge is 2.40. The second-order valence-corrected chi connectivity index (χ2v) is 17.2. The van der Waals surface area contributed by atoms with E-state index < -0.39 is 18.2 Å². The average molecular weight is 861 g/mol. The number of aromatic amines is 2. The minimum absolute atomic E-state index is 0.0894. The van der Waals surface area contributed by atoms with E-state index in [0.29, 0.717) is 25.5 Å². The molecule has 2 aromatic heterocycles. The number of imidazole rings is 2. The number of hydrogen-bond donors (Lipinski definition) is 4. The lowest BCUT2D eigenvalue weighted by Gasteiger charge is -2.26. The number of carbonyl (C=O) groups is 3. The van der Waals surface area contributed by atoms with Crippen molar-refractivity contribution in [3.8, 4) is 23.0 Å². The van der Waals surface area contributed by atoms with Crippen LogP contribution in [0.25, 0.3) is 54.7 Å². The van der Waals surface area contributed by atoms with Crippen LogP contribution in [-0.4, -0.2) is 95.0 Å². The van der Waals surface area contributed by atoms with E-state index >= 15 is 0 Å². The molecule has 4 unspecified atom stereocenters. The van der Waals surface area contributed by atoms with Crippen molar-refractivity contribution in [2.75, 3.05) is 41.0 Å². The molecule has 9 rings (SSSR count). The topological polar surface area (TPSA) is 172 Å². The van der Waals surface area contributed by atoms with Gasteiger partial charge >= 0.3 is 6.09 Å². The molecule has 0 spiro atoms. The van der Waals surface area contributed by atoms with Gasteiger partial charge in [-0.15, -0.1) is 5.92 Å². The van der Waals surface area contributed by atoms with Crippen LogP contribution in [0.5, 0.6) is 0 Å². The van der Waals surface area contributed by atoms with Gasteiger partial charge in [-0.05, 0) is 92.0 Å². The molecule has 5 aromatic carbocycles. The van der Waals surface area contributed by atoms with Crippen LogP contribution >= 0.6 is 0 Å². The molecule has 2 fully saturated rings. The summed E-state index contributed by atoms with van der Waals surface area (Å²) in [5, 5.41) is 6.75. The summed E-state index contributed by atoms with van der Waals surface area (Å²) >= 11 is 0. The van der Waals surface area contributed by atoms with E-state index in [1.54, 1.807) is 7.11 Å². The Balaban J connectivity index is 0.000000452. The van der Waals surface area contributed by atoms with Gasteiger partial charge in [-0.1, -0.05) is 80.4 Å². The summed E-state index contributed by atoms with van der Waals surface area (Å²) in [7, 11) is 5.14. The van der Waals surface area contributed by atoms with E-state index in [4.69, 9.17) is 20.4 Å². The molecule has 0 saturated carbocycles. The summed E-state index contributed by atoms with van der Waals surface area (Å²) < 4.78 is 9.84. The van der Waals surface area contributed by atoms with Gasteiger partial charge in [0.15, 0.2) is 0 Å². The molecule has 2 amide bonds. The third kappa shape index (κ3) is 8.82. The number of aldehydes is 1. The third-order valence-electron chi connectivity index (χ3n) is 12.7. The van der Waals surface area contributed by atoms with Crippen LogP contribution in [0.2, 0.25) is 0 Å². The Labute approximate surface area is 373 Å². The van der Waals surface area contributed by atoms with E-state index in [1.807, 2.05) is 56.0 Å². The van der Waals surface area contributed by atoms with Crippen LogP contribution in [0, 0.1) is 23.7 Å². The molecule has 0 bridgehead atoms. The molecule has 2 saturated heterocycles. The third-order valence-corrected chi connectivity index (χ3v) is 12.7. The number of nitrogens with zero attached hydrogens (tertiary/aromatic N) is 4. The van der Waals surface area contributed by atoms with E-state index in [1.165, 1.54) is 13.5 Å². The first-order valence-electron chi connectivity index (χ1n) is 21.9. The van der Waals surface area contributed by atoms with Crippen molar-refractivity contribution in [3.63, 3.8) is 0 Å². The van der Waals surface area contributed by atoms with Gasteiger partial charge in [-0.3, -0.25) is 9.69 Å². The molecule has 64 heavy (non-hydrogen) atoms. The van der Waals surface area contributed by atoms with Crippen LogP contribution < -0.4 is 11.1 Å². The molecule has 5 atom stereocenters. The van der Waals surface area contributed by atoms with Gasteiger partial charge in [-0.2, -0.15) is 0 Å². The molecule has 13 heteroatoms. The molecule has 0 aliphatic carbocycles. The fourth-order valence-electron chi connectivity index (χ4n) is 9.22. The van der Waals surface area contributed by atoms with Gasteiger partial charge in [-0.25, -0.2) is 14.8 Å². The highest BCUT2D eigenvalue weighted by Crippen LogP contribution is 2.39. The molecule has 5 N–H and O–H groups in total. The SMILES string of the molecule is CC#Cc1cc2[nH]c(C3CCCN3C)nc2c2ccc(-c3ccc4c(ccc5[nH]c(C6CC(COC)CN6C(=O)[C@H](N)c6ccccc6)nc54)c3)cc12.COC(=O)NC(C=O)C(C)C. The zero-order valence-electron chi connectivity index (χ0n) is 37.3. The fraction of sp³-hybridized carbons (Fsp3) is 0.353. The summed E-state index contributed by atoms with van der Waals surface area (Å²) in [6, 6.07) is 28.0. The van der Waals surface area contributed by atoms with Crippen LogP contribution in [0.4, 0.5) is 4.79 Å². The minimum Gasteiger partial charge on any atom is -0.453 e. The normalized spacial score (nSPS) is 18.5. The van der Waals surface area contributed by atoms with Crippen LogP contribution in [0.3, 0.4) is 0 Å². The molecule has 13 nitrogen and oxygen atoms in total. The van der Waals surface area contributed by atoms with E-state index in [9.17, 15) is 14.4 Å². The smallest absolute Gasteiger partial charge is 0.407 e. The van der Waals surface area contributed by atoms with E-state index in [2.05, 4.69) is 98.4 Å². The van der Waals surface area contributed by atoms with Gasteiger partial charge in [0.1, 0.15) is 24.0 Å². The standard InChI is InChI=1S/C44H43N7O2.C7H13NO3/c1-4-9-30-23-36-41(49-42(47-36)37-12-8-19-50(37)2)33-17-14-29(22-34(30)33)28-13-16-32-31(21-28)15-18-35-40(32)48-43(46-35)38-20-26(25-53-3)24-51(38)44(52)39(45)27-10-6-5-7-11-27;1-5(2)6(4-9)8-7(10)11-3/h5-7,10-11,13-18,21-23,26,37-39H,8,12,19-20,24-25,45H2,1-3H3,(H,46,48)(H,47,49);4-6H,1-3H3,(H,8,10)/t26?,37?,38?,39-;/m1./s1. The molecular weight excluding hydrogens is 805 g/mol. The second kappa shape index (κ2) is 19.0. The Morgan fingerprint density at radius 3 is 2.28 bits per heavy atom. The average Bonchev–Trinajstić information content (AvgIpc) is 4.14. The number of ether oxygens (including phenoxy) is 2. The lowest BCUT2D eigenvalue weighted by molar-refractivity contribution is -0.134. The number of rotatable bonds is 10. The van der Waals surface area contributed by atoms with Gasteiger partial charge in [0.2, 0.25) is 5.91 Å². The van der Waals surface area contributed by atoms with Gasteiger partial charge in [0, 0.05) is 41.3 Å². The largest absolute Gasteiger partial charge is 0.453 e. The van der Waals surface area contributed by atoms with Crippen molar-refractivity contribution in [3.05, 3.63) is 108 Å². The number of fused-ring (bicyclic) bond motifs is 6. The Hall–Kier alpha value is -6.59. The van der Waals surface area contributed by atoms with Gasteiger partial charge in [0.05, 0.1) is 53.9 Å². The molecule has 7 aromatic rings. The fourth-order valence-corrected chi connectivity index (χ4v) is 9.22. The maximum atomic E-state index is 13.9. The quantitative estimate of drug-likeness (QED) is 0.0780. The number of likely N-dealkylation sites (tertiary alicyclic amines) is 2. The first-order valence-corrected chi connectivity index (χ1v) is 21.9. The molecule has 330 valence electrons. The number of carbonyl (C=O) groups excluding carboxylic acids is 3. The number of H-pyrrole nitrogens is 2. The Morgan fingerprint density at radius 1 is 0.906 bits per heavy atom. The lowest BCUT2D eigenvalue weighted by Crippen LogP contribution is -2.39. The lowest BCUT2D eigenvalue weighted by atomic mass is 9.95. The monoisotopic (exact) mass is 860 g/mol. The van der Waals surface area contributed by atoms with Crippen molar-refractivity contribution in [1.29, 1.82) is 0 Å². The van der Waals surface area contributed by atoms with Crippen LogP contribution in [0.1, 0.15) is 80.9 Å². The molecule has 0 radical (unpaired) electrons. The summed E-state index contributed by atoms with van der Waals surface area (Å²) in [5.74, 6) is 8.47. The molecule has 2 aliphatic heterocycles. The van der Waals surface area contributed by atoms with Crippen LogP contribution in [-0.2, 0) is 19.1 Å². The van der Waals surface area contributed by atoms with Crippen molar-refractivity contribution >= 4 is 61.9 Å². The number of nitrogens with one attached hydrogen (secondary N) is 3.